The molecule has 1 atom stereocenters. The van der Waals surface area contributed by atoms with Crippen molar-refractivity contribution in [3.05, 3.63) is 41.6 Å². The van der Waals surface area contributed by atoms with Crippen LogP contribution < -0.4 is 0 Å². The van der Waals surface area contributed by atoms with E-state index in [0.717, 1.165) is 69.5 Å². The van der Waals surface area contributed by atoms with Crippen molar-refractivity contribution in [2.24, 2.45) is 0 Å². The maximum absolute atomic E-state index is 12.9. The van der Waals surface area contributed by atoms with Crippen LogP contribution in [0.4, 0.5) is 0 Å². The van der Waals surface area contributed by atoms with E-state index >= 15 is 0 Å². The molecule has 138 valence electrons. The van der Waals surface area contributed by atoms with Crippen molar-refractivity contribution in [3.63, 3.8) is 0 Å². The SMILES string of the molecule is CCc1ccc(-c2cc(C(=O)N3CCC[C@@]4(CCCO4)CC3)[nH]n2)cc1. The molecular weight excluding hydrogens is 326 g/mol. The van der Waals surface area contributed by atoms with E-state index in [1.807, 2.05) is 11.0 Å². The van der Waals surface area contributed by atoms with Crippen LogP contribution in [0.1, 0.15) is 55.1 Å². The van der Waals surface area contributed by atoms with Gasteiger partial charge >= 0.3 is 0 Å². The molecule has 1 N–H and O–H groups in total. The number of H-pyrrole nitrogens is 1. The molecule has 5 heteroatoms. The molecule has 26 heavy (non-hydrogen) atoms. The smallest absolute Gasteiger partial charge is 0.271 e. The quantitative estimate of drug-likeness (QED) is 0.913. The molecular formula is C21H27N3O2. The molecule has 1 aromatic carbocycles. The summed E-state index contributed by atoms with van der Waals surface area (Å²) in [5.41, 5.74) is 3.75. The average molecular weight is 353 g/mol. The average Bonchev–Trinajstić information content (AvgIpc) is 3.29. The highest BCUT2D eigenvalue weighted by Gasteiger charge is 2.37. The maximum Gasteiger partial charge on any atom is 0.271 e. The summed E-state index contributed by atoms with van der Waals surface area (Å²) in [6, 6.07) is 10.2. The predicted molar refractivity (Wildman–Crippen MR) is 101 cm³/mol. The minimum absolute atomic E-state index is 0.0230. The molecule has 4 rings (SSSR count). The molecule has 1 spiro atoms. The summed E-state index contributed by atoms with van der Waals surface area (Å²) in [7, 11) is 0. The summed E-state index contributed by atoms with van der Waals surface area (Å²) in [6.45, 7) is 4.57. The first kappa shape index (κ1) is 17.3. The van der Waals surface area contributed by atoms with Gasteiger partial charge < -0.3 is 9.64 Å². The van der Waals surface area contributed by atoms with Gasteiger partial charge in [0.15, 0.2) is 0 Å². The van der Waals surface area contributed by atoms with Gasteiger partial charge in [-0.2, -0.15) is 5.10 Å². The molecule has 2 aliphatic rings. The Kier molecular flexibility index (Phi) is 4.81. The van der Waals surface area contributed by atoms with E-state index < -0.39 is 0 Å². The minimum Gasteiger partial charge on any atom is -0.375 e. The number of rotatable bonds is 3. The van der Waals surface area contributed by atoms with E-state index in [9.17, 15) is 4.79 Å². The number of aromatic amines is 1. The molecule has 2 saturated heterocycles. The van der Waals surface area contributed by atoms with Gasteiger partial charge in [-0.1, -0.05) is 31.2 Å². The number of carbonyl (C=O) groups is 1. The Morgan fingerprint density at radius 2 is 2.00 bits per heavy atom. The predicted octanol–water partition coefficient (Wildman–Crippen LogP) is 3.81. The summed E-state index contributed by atoms with van der Waals surface area (Å²) in [5.74, 6) is 0.0453. The second kappa shape index (κ2) is 7.23. The number of likely N-dealkylation sites (tertiary alicyclic amines) is 1. The van der Waals surface area contributed by atoms with Gasteiger partial charge in [0, 0.05) is 25.3 Å². The van der Waals surface area contributed by atoms with Crippen LogP contribution in [0, 0.1) is 0 Å². The fraction of sp³-hybridized carbons (Fsp3) is 0.524. The number of benzene rings is 1. The fourth-order valence-electron chi connectivity index (χ4n) is 4.18. The third-order valence-corrected chi connectivity index (χ3v) is 5.84. The number of amides is 1. The molecule has 0 radical (unpaired) electrons. The van der Waals surface area contributed by atoms with Gasteiger partial charge in [0.25, 0.3) is 5.91 Å². The van der Waals surface area contributed by atoms with Crippen LogP contribution in [0.2, 0.25) is 0 Å². The van der Waals surface area contributed by atoms with Crippen molar-refractivity contribution < 1.29 is 9.53 Å². The number of hydrogen-bond donors (Lipinski definition) is 1. The Balaban J connectivity index is 1.45. The first-order chi connectivity index (χ1) is 12.7. The molecule has 0 saturated carbocycles. The van der Waals surface area contributed by atoms with Crippen molar-refractivity contribution >= 4 is 5.91 Å². The zero-order chi connectivity index (χ0) is 18.0. The number of ether oxygens (including phenoxy) is 1. The monoisotopic (exact) mass is 353 g/mol. The molecule has 1 aromatic heterocycles. The van der Waals surface area contributed by atoms with Crippen molar-refractivity contribution in [2.45, 2.75) is 51.0 Å². The third kappa shape index (κ3) is 3.40. The maximum atomic E-state index is 12.9. The Morgan fingerprint density at radius 1 is 1.19 bits per heavy atom. The number of nitrogens with zero attached hydrogens (tertiary/aromatic N) is 2. The van der Waals surface area contributed by atoms with Gasteiger partial charge in [0.2, 0.25) is 0 Å². The van der Waals surface area contributed by atoms with Gasteiger partial charge in [0.1, 0.15) is 5.69 Å². The molecule has 2 aromatic rings. The second-order valence-corrected chi connectivity index (χ2v) is 7.50. The lowest BCUT2D eigenvalue weighted by Crippen LogP contribution is -2.34. The molecule has 2 aliphatic heterocycles. The number of aromatic nitrogens is 2. The Labute approximate surface area is 154 Å². The lowest BCUT2D eigenvalue weighted by Gasteiger charge is -2.26. The first-order valence-corrected chi connectivity index (χ1v) is 9.77. The molecule has 2 fully saturated rings. The summed E-state index contributed by atoms with van der Waals surface area (Å²) in [6.07, 6.45) is 6.31. The van der Waals surface area contributed by atoms with Crippen molar-refractivity contribution in [1.29, 1.82) is 0 Å². The normalized spacial score (nSPS) is 23.3. The summed E-state index contributed by atoms with van der Waals surface area (Å²) < 4.78 is 6.02. The molecule has 0 bridgehead atoms. The van der Waals surface area contributed by atoms with E-state index in [1.54, 1.807) is 0 Å². The van der Waals surface area contributed by atoms with E-state index in [1.165, 1.54) is 5.56 Å². The van der Waals surface area contributed by atoms with E-state index in [-0.39, 0.29) is 11.5 Å². The number of aryl methyl sites for hydroxylation is 1. The fourth-order valence-corrected chi connectivity index (χ4v) is 4.18. The lowest BCUT2D eigenvalue weighted by atomic mass is 9.92. The van der Waals surface area contributed by atoms with Crippen LogP contribution in [0.5, 0.6) is 0 Å². The molecule has 5 nitrogen and oxygen atoms in total. The van der Waals surface area contributed by atoms with Crippen molar-refractivity contribution in [1.82, 2.24) is 15.1 Å². The third-order valence-electron chi connectivity index (χ3n) is 5.84. The van der Waals surface area contributed by atoms with E-state index in [2.05, 4.69) is 41.4 Å². The zero-order valence-corrected chi connectivity index (χ0v) is 15.5. The lowest BCUT2D eigenvalue weighted by molar-refractivity contribution is -0.00693. The Bertz CT molecular complexity index is 760. The molecule has 0 unspecified atom stereocenters. The van der Waals surface area contributed by atoms with Gasteiger partial charge in [0.05, 0.1) is 11.3 Å². The van der Waals surface area contributed by atoms with E-state index in [4.69, 9.17) is 4.74 Å². The largest absolute Gasteiger partial charge is 0.375 e. The van der Waals surface area contributed by atoms with E-state index in [0.29, 0.717) is 5.69 Å². The standard InChI is InChI=1S/C21H27N3O2/c1-2-16-5-7-17(8-6-16)18-15-19(23-22-18)20(25)24-12-3-9-21(11-13-24)10-4-14-26-21/h5-8,15H,2-4,9-14H2,1H3,(H,22,23)/t21-/m1/s1. The van der Waals surface area contributed by atoms with Crippen molar-refractivity contribution in [3.8, 4) is 11.3 Å². The number of nitrogens with one attached hydrogen (secondary N) is 1. The first-order valence-electron chi connectivity index (χ1n) is 9.77. The Hall–Kier alpha value is -2.14. The van der Waals surface area contributed by atoms with Crippen LogP contribution in [-0.2, 0) is 11.2 Å². The van der Waals surface area contributed by atoms with Crippen LogP contribution >= 0.6 is 0 Å². The number of hydrogen-bond acceptors (Lipinski definition) is 3. The van der Waals surface area contributed by atoms with Crippen LogP contribution in [-0.4, -0.2) is 46.3 Å². The second-order valence-electron chi connectivity index (χ2n) is 7.50. The van der Waals surface area contributed by atoms with Crippen molar-refractivity contribution in [2.75, 3.05) is 19.7 Å². The molecule has 1 amide bonds. The summed E-state index contributed by atoms with van der Waals surface area (Å²) >= 11 is 0. The highest BCUT2D eigenvalue weighted by atomic mass is 16.5. The molecule has 3 heterocycles. The van der Waals surface area contributed by atoms with Crippen LogP contribution in [0.15, 0.2) is 30.3 Å². The van der Waals surface area contributed by atoms with Gasteiger partial charge in [-0.25, -0.2) is 0 Å². The Morgan fingerprint density at radius 3 is 2.73 bits per heavy atom. The minimum atomic E-state index is 0.0230. The molecule has 0 aliphatic carbocycles. The van der Waals surface area contributed by atoms with Crippen LogP contribution in [0.3, 0.4) is 0 Å². The summed E-state index contributed by atoms with van der Waals surface area (Å²) in [5, 5.41) is 7.29. The van der Waals surface area contributed by atoms with Crippen LogP contribution in [0.25, 0.3) is 11.3 Å². The zero-order valence-electron chi connectivity index (χ0n) is 15.5. The van der Waals surface area contributed by atoms with Gasteiger partial charge in [-0.15, -0.1) is 0 Å². The highest BCUT2D eigenvalue weighted by molar-refractivity contribution is 5.93. The number of carbonyl (C=O) groups excluding carboxylic acids is 1. The summed E-state index contributed by atoms with van der Waals surface area (Å²) in [4.78, 5) is 14.9. The topological polar surface area (TPSA) is 58.2 Å². The van der Waals surface area contributed by atoms with Gasteiger partial charge in [-0.05, 0) is 50.2 Å². The van der Waals surface area contributed by atoms with Gasteiger partial charge in [-0.3, -0.25) is 9.89 Å². The highest BCUT2D eigenvalue weighted by Crippen LogP contribution is 2.35.